The summed E-state index contributed by atoms with van der Waals surface area (Å²) >= 11 is 0. The van der Waals surface area contributed by atoms with Gasteiger partial charge in [0.15, 0.2) is 0 Å². The Morgan fingerprint density at radius 3 is 3.00 bits per heavy atom. The van der Waals surface area contributed by atoms with Crippen molar-refractivity contribution in [1.29, 1.82) is 0 Å². The number of ether oxygens (including phenoxy) is 1. The summed E-state index contributed by atoms with van der Waals surface area (Å²) < 4.78 is 4.90. The molecule has 12 heavy (non-hydrogen) atoms. The maximum Gasteiger partial charge on any atom is 0.293 e. The second kappa shape index (κ2) is 4.11. The molecule has 1 atom stereocenters. The number of imidazole rings is 1. The summed E-state index contributed by atoms with van der Waals surface area (Å²) in [5.74, 6) is 0. The van der Waals surface area contributed by atoms with Gasteiger partial charge in [-0.1, -0.05) is 13.3 Å². The average Bonchev–Trinajstić information content (AvgIpc) is 2.52. The zero-order valence-electron chi connectivity index (χ0n) is 7.50. The van der Waals surface area contributed by atoms with Crippen LogP contribution in [0.1, 0.15) is 31.5 Å². The quantitative estimate of drug-likeness (QED) is 0.712. The highest BCUT2D eigenvalue weighted by Gasteiger charge is 2.07. The molecule has 1 aromatic heterocycles. The van der Waals surface area contributed by atoms with Crippen LogP contribution in [0.4, 0.5) is 0 Å². The predicted molar refractivity (Wildman–Crippen MR) is 47.0 cm³/mol. The van der Waals surface area contributed by atoms with Gasteiger partial charge in [-0.05, 0) is 6.42 Å². The van der Waals surface area contributed by atoms with Crippen LogP contribution in [-0.4, -0.2) is 17.1 Å². The molecular weight excluding hydrogens is 154 g/mol. The van der Waals surface area contributed by atoms with E-state index in [1.165, 1.54) is 0 Å². The van der Waals surface area contributed by atoms with Crippen LogP contribution in [0.15, 0.2) is 6.20 Å². The molecule has 1 heterocycles. The van der Waals surface area contributed by atoms with Crippen LogP contribution in [0.25, 0.3) is 0 Å². The van der Waals surface area contributed by atoms with E-state index in [9.17, 15) is 0 Å². The van der Waals surface area contributed by atoms with Crippen molar-refractivity contribution in [2.45, 2.75) is 25.8 Å². The van der Waals surface area contributed by atoms with Gasteiger partial charge in [0.1, 0.15) is 0 Å². The number of aromatic nitrogens is 2. The van der Waals surface area contributed by atoms with E-state index < -0.39 is 0 Å². The minimum Gasteiger partial charge on any atom is -0.468 e. The Morgan fingerprint density at radius 1 is 1.75 bits per heavy atom. The van der Waals surface area contributed by atoms with Gasteiger partial charge in [-0.15, -0.1) is 0 Å². The first-order chi connectivity index (χ1) is 5.77. The van der Waals surface area contributed by atoms with Crippen molar-refractivity contribution < 1.29 is 4.74 Å². The molecule has 1 aromatic rings. The molecule has 1 rings (SSSR count). The van der Waals surface area contributed by atoms with E-state index in [0.717, 1.165) is 18.5 Å². The summed E-state index contributed by atoms with van der Waals surface area (Å²) in [6.07, 6.45) is 3.76. The first kappa shape index (κ1) is 9.06. The molecule has 0 aliphatic carbocycles. The van der Waals surface area contributed by atoms with Crippen LogP contribution in [-0.2, 0) is 0 Å². The Kier molecular flexibility index (Phi) is 3.10. The number of hydrogen-bond acceptors (Lipinski definition) is 3. The van der Waals surface area contributed by atoms with E-state index >= 15 is 0 Å². The highest BCUT2D eigenvalue weighted by Crippen LogP contribution is 2.15. The van der Waals surface area contributed by atoms with E-state index in [1.807, 2.05) is 0 Å². The number of methoxy groups -OCH3 is 1. The zero-order valence-corrected chi connectivity index (χ0v) is 7.50. The van der Waals surface area contributed by atoms with E-state index in [4.69, 9.17) is 10.5 Å². The fourth-order valence-electron chi connectivity index (χ4n) is 1.07. The molecule has 0 aliphatic heterocycles. The third-order valence-corrected chi connectivity index (χ3v) is 1.76. The monoisotopic (exact) mass is 169 g/mol. The fraction of sp³-hybridized carbons (Fsp3) is 0.625. The molecule has 4 nitrogen and oxygen atoms in total. The Hall–Kier alpha value is -1.03. The van der Waals surface area contributed by atoms with Crippen LogP contribution in [0, 0.1) is 0 Å². The van der Waals surface area contributed by atoms with E-state index in [-0.39, 0.29) is 6.04 Å². The third kappa shape index (κ3) is 1.98. The molecule has 0 saturated heterocycles. The van der Waals surface area contributed by atoms with Gasteiger partial charge in [-0.25, -0.2) is 4.98 Å². The lowest BCUT2D eigenvalue weighted by atomic mass is 10.1. The second-order valence-electron chi connectivity index (χ2n) is 2.74. The molecule has 0 aromatic carbocycles. The first-order valence-electron chi connectivity index (χ1n) is 4.12. The molecule has 0 spiro atoms. The smallest absolute Gasteiger partial charge is 0.293 e. The number of H-pyrrole nitrogens is 1. The van der Waals surface area contributed by atoms with Gasteiger partial charge in [-0.3, -0.25) is 0 Å². The highest BCUT2D eigenvalue weighted by atomic mass is 16.5. The van der Waals surface area contributed by atoms with E-state index in [0.29, 0.717) is 6.01 Å². The topological polar surface area (TPSA) is 63.9 Å². The highest BCUT2D eigenvalue weighted by molar-refractivity contribution is 5.08. The molecule has 3 N–H and O–H groups in total. The molecule has 4 heteroatoms. The molecule has 0 amide bonds. The molecule has 0 aliphatic rings. The summed E-state index contributed by atoms with van der Waals surface area (Å²) in [6.45, 7) is 2.10. The maximum absolute atomic E-state index is 5.85. The average molecular weight is 169 g/mol. The number of nitrogens with zero attached hydrogens (tertiary/aromatic N) is 1. The molecule has 68 valence electrons. The molecule has 0 bridgehead atoms. The van der Waals surface area contributed by atoms with Gasteiger partial charge in [-0.2, -0.15) is 0 Å². The Morgan fingerprint density at radius 2 is 2.50 bits per heavy atom. The number of aromatic amines is 1. The molecule has 0 radical (unpaired) electrons. The Balaban J connectivity index is 2.61. The third-order valence-electron chi connectivity index (χ3n) is 1.76. The van der Waals surface area contributed by atoms with Crippen LogP contribution >= 0.6 is 0 Å². The van der Waals surface area contributed by atoms with Crippen LogP contribution in [0.3, 0.4) is 0 Å². The minimum atomic E-state index is 0.0476. The fourth-order valence-corrected chi connectivity index (χ4v) is 1.07. The first-order valence-corrected chi connectivity index (χ1v) is 4.12. The SMILES string of the molecule is CCCC(N)c1cnc(OC)[nH]1. The minimum absolute atomic E-state index is 0.0476. The zero-order chi connectivity index (χ0) is 8.97. The van der Waals surface area contributed by atoms with Crippen molar-refractivity contribution in [3.8, 4) is 6.01 Å². The number of nitrogens with two attached hydrogens (primary N) is 1. The Labute approximate surface area is 72.1 Å². The van der Waals surface area contributed by atoms with Gasteiger partial charge < -0.3 is 15.5 Å². The van der Waals surface area contributed by atoms with Crippen molar-refractivity contribution in [2.24, 2.45) is 5.73 Å². The lowest BCUT2D eigenvalue weighted by molar-refractivity contribution is 0.383. The largest absolute Gasteiger partial charge is 0.468 e. The van der Waals surface area contributed by atoms with Crippen molar-refractivity contribution in [1.82, 2.24) is 9.97 Å². The lowest BCUT2D eigenvalue weighted by Crippen LogP contribution is -2.09. The van der Waals surface area contributed by atoms with Gasteiger partial charge in [0.2, 0.25) is 0 Å². The lowest BCUT2D eigenvalue weighted by Gasteiger charge is -2.05. The molecule has 0 fully saturated rings. The molecule has 0 saturated carbocycles. The Bertz CT molecular complexity index is 234. The number of rotatable bonds is 4. The van der Waals surface area contributed by atoms with Crippen molar-refractivity contribution in [2.75, 3.05) is 7.11 Å². The van der Waals surface area contributed by atoms with Gasteiger partial charge >= 0.3 is 0 Å². The maximum atomic E-state index is 5.85. The molecule has 1 unspecified atom stereocenters. The van der Waals surface area contributed by atoms with E-state index in [2.05, 4.69) is 16.9 Å². The summed E-state index contributed by atoms with van der Waals surface area (Å²) in [7, 11) is 1.58. The van der Waals surface area contributed by atoms with Gasteiger partial charge in [0, 0.05) is 6.04 Å². The van der Waals surface area contributed by atoms with E-state index in [1.54, 1.807) is 13.3 Å². The summed E-state index contributed by atoms with van der Waals surface area (Å²) in [5, 5.41) is 0. The van der Waals surface area contributed by atoms with Gasteiger partial charge in [0.05, 0.1) is 19.0 Å². The number of nitrogens with one attached hydrogen (secondary N) is 1. The second-order valence-corrected chi connectivity index (χ2v) is 2.74. The standard InChI is InChI=1S/C8H15N3O/c1-3-4-6(9)7-5-10-8(11-7)12-2/h5-6H,3-4,9H2,1-2H3,(H,10,11). The van der Waals surface area contributed by atoms with Crippen LogP contribution in [0.5, 0.6) is 6.01 Å². The summed E-state index contributed by atoms with van der Waals surface area (Å²) in [6, 6.07) is 0.572. The molecular formula is C8H15N3O. The van der Waals surface area contributed by atoms with Crippen molar-refractivity contribution in [3.63, 3.8) is 0 Å². The van der Waals surface area contributed by atoms with Crippen LogP contribution < -0.4 is 10.5 Å². The summed E-state index contributed by atoms with van der Waals surface area (Å²) in [4.78, 5) is 6.97. The van der Waals surface area contributed by atoms with Crippen molar-refractivity contribution in [3.05, 3.63) is 11.9 Å². The van der Waals surface area contributed by atoms with Crippen LogP contribution in [0.2, 0.25) is 0 Å². The normalized spacial score (nSPS) is 12.9. The summed E-state index contributed by atoms with van der Waals surface area (Å²) in [5.41, 5.74) is 6.79. The van der Waals surface area contributed by atoms with Crippen molar-refractivity contribution >= 4 is 0 Å². The van der Waals surface area contributed by atoms with Gasteiger partial charge in [0.25, 0.3) is 6.01 Å². The predicted octanol–water partition coefficient (Wildman–Crippen LogP) is 1.22. The number of hydrogen-bond donors (Lipinski definition) is 2.